The van der Waals surface area contributed by atoms with Crippen molar-refractivity contribution in [1.82, 2.24) is 20.4 Å². The highest BCUT2D eigenvalue weighted by molar-refractivity contribution is 9.11. The van der Waals surface area contributed by atoms with E-state index < -0.39 is 5.54 Å². The first kappa shape index (κ1) is 16.2. The Bertz CT molecular complexity index is 532. The number of hydrogen-bond donors (Lipinski definition) is 1. The maximum atomic E-state index is 12.4. The van der Waals surface area contributed by atoms with E-state index in [2.05, 4.69) is 31.4 Å². The molecule has 1 aliphatic carbocycles. The second-order valence-corrected chi connectivity index (χ2v) is 7.09. The fourth-order valence-electron chi connectivity index (χ4n) is 2.38. The average Bonchev–Trinajstić information content (AvgIpc) is 2.82. The van der Waals surface area contributed by atoms with E-state index in [1.807, 2.05) is 6.92 Å². The molecule has 0 aliphatic heterocycles. The van der Waals surface area contributed by atoms with Gasteiger partial charge < -0.3 is 15.0 Å². The van der Waals surface area contributed by atoms with Gasteiger partial charge in [-0.2, -0.15) is 0 Å². The van der Waals surface area contributed by atoms with Crippen molar-refractivity contribution in [2.75, 3.05) is 13.7 Å². The SMILES string of the molecule is CCNC(=O)N(Cc1nnc(Br)s1)C1(C(=O)OC)CCC1. The molecular formula is C12H17BrN4O3S. The number of hydrogen-bond acceptors (Lipinski definition) is 6. The zero-order valence-corrected chi connectivity index (χ0v) is 14.3. The smallest absolute Gasteiger partial charge is 0.331 e. The normalized spacial score (nSPS) is 16.0. The largest absolute Gasteiger partial charge is 0.467 e. The van der Waals surface area contributed by atoms with E-state index in [-0.39, 0.29) is 18.5 Å². The minimum Gasteiger partial charge on any atom is -0.467 e. The van der Waals surface area contributed by atoms with Gasteiger partial charge in [-0.05, 0) is 42.1 Å². The molecule has 1 fully saturated rings. The molecule has 1 heterocycles. The Labute approximate surface area is 135 Å². The first-order valence-electron chi connectivity index (χ1n) is 6.65. The number of carbonyl (C=O) groups is 2. The highest BCUT2D eigenvalue weighted by atomic mass is 79.9. The summed E-state index contributed by atoms with van der Waals surface area (Å²) in [6.07, 6.45) is 2.11. The second kappa shape index (κ2) is 6.69. The van der Waals surface area contributed by atoms with Crippen molar-refractivity contribution in [2.45, 2.75) is 38.3 Å². The molecule has 0 unspecified atom stereocenters. The topological polar surface area (TPSA) is 84.4 Å². The van der Waals surface area contributed by atoms with Gasteiger partial charge in [0.05, 0.1) is 13.7 Å². The third-order valence-electron chi connectivity index (χ3n) is 3.57. The van der Waals surface area contributed by atoms with E-state index >= 15 is 0 Å². The van der Waals surface area contributed by atoms with Crippen molar-refractivity contribution in [3.8, 4) is 0 Å². The Morgan fingerprint density at radius 1 is 1.48 bits per heavy atom. The van der Waals surface area contributed by atoms with E-state index in [9.17, 15) is 9.59 Å². The monoisotopic (exact) mass is 376 g/mol. The van der Waals surface area contributed by atoms with Crippen LogP contribution in [-0.4, -0.2) is 46.3 Å². The number of nitrogens with zero attached hydrogens (tertiary/aromatic N) is 3. The minimum absolute atomic E-state index is 0.240. The van der Waals surface area contributed by atoms with Gasteiger partial charge in [-0.3, -0.25) is 0 Å². The van der Waals surface area contributed by atoms with Crippen molar-refractivity contribution in [1.29, 1.82) is 0 Å². The molecule has 9 heteroatoms. The zero-order chi connectivity index (χ0) is 15.5. The Morgan fingerprint density at radius 2 is 2.19 bits per heavy atom. The van der Waals surface area contributed by atoms with Crippen molar-refractivity contribution in [3.63, 3.8) is 0 Å². The summed E-state index contributed by atoms with van der Waals surface area (Å²) in [4.78, 5) is 26.1. The van der Waals surface area contributed by atoms with Gasteiger partial charge in [0.15, 0.2) is 3.92 Å². The molecular weight excluding hydrogens is 360 g/mol. The Morgan fingerprint density at radius 3 is 2.62 bits per heavy atom. The highest BCUT2D eigenvalue weighted by Gasteiger charge is 2.52. The molecule has 116 valence electrons. The van der Waals surface area contributed by atoms with E-state index in [1.54, 1.807) is 0 Å². The van der Waals surface area contributed by atoms with E-state index in [4.69, 9.17) is 4.74 Å². The number of aromatic nitrogens is 2. The van der Waals surface area contributed by atoms with Crippen LogP contribution in [0.5, 0.6) is 0 Å². The molecule has 0 spiro atoms. The molecule has 21 heavy (non-hydrogen) atoms. The second-order valence-electron chi connectivity index (χ2n) is 4.75. The third kappa shape index (κ3) is 3.18. The van der Waals surface area contributed by atoms with Crippen LogP contribution in [0.25, 0.3) is 0 Å². The molecule has 0 bridgehead atoms. The molecule has 0 atom stereocenters. The van der Waals surface area contributed by atoms with Crippen molar-refractivity contribution in [2.24, 2.45) is 0 Å². The summed E-state index contributed by atoms with van der Waals surface area (Å²) < 4.78 is 5.55. The number of amides is 2. The average molecular weight is 377 g/mol. The van der Waals surface area contributed by atoms with Gasteiger partial charge in [0.2, 0.25) is 0 Å². The lowest BCUT2D eigenvalue weighted by Gasteiger charge is -2.46. The van der Waals surface area contributed by atoms with Crippen LogP contribution in [0, 0.1) is 0 Å². The van der Waals surface area contributed by atoms with Crippen LogP contribution in [0.2, 0.25) is 0 Å². The van der Waals surface area contributed by atoms with E-state index in [1.165, 1.54) is 23.3 Å². The summed E-state index contributed by atoms with van der Waals surface area (Å²) in [5.74, 6) is -0.372. The molecule has 0 aromatic carbocycles. The maximum Gasteiger partial charge on any atom is 0.331 e. The van der Waals surface area contributed by atoms with Gasteiger partial charge >= 0.3 is 12.0 Å². The Hall–Kier alpha value is -1.22. The van der Waals surface area contributed by atoms with E-state index in [0.717, 1.165) is 6.42 Å². The van der Waals surface area contributed by atoms with Crippen LogP contribution in [0.4, 0.5) is 4.79 Å². The molecule has 0 radical (unpaired) electrons. The number of methoxy groups -OCH3 is 1. The van der Waals surface area contributed by atoms with Gasteiger partial charge in [-0.25, -0.2) is 9.59 Å². The summed E-state index contributed by atoms with van der Waals surface area (Å²) >= 11 is 4.59. The predicted molar refractivity (Wildman–Crippen MR) is 80.8 cm³/mol. The quantitative estimate of drug-likeness (QED) is 0.793. The number of halogens is 1. The standard InChI is InChI=1S/C12H17BrN4O3S/c1-3-14-11(19)17(7-8-15-16-10(13)21-8)12(5-4-6-12)9(18)20-2/h3-7H2,1-2H3,(H,14,19). The number of ether oxygens (including phenoxy) is 1. The molecule has 1 aliphatic rings. The molecule has 2 rings (SSSR count). The van der Waals surface area contributed by atoms with Crippen LogP contribution in [0.3, 0.4) is 0 Å². The van der Waals surface area contributed by atoms with Gasteiger partial charge in [-0.1, -0.05) is 11.3 Å². The molecule has 7 nitrogen and oxygen atoms in total. The Balaban J connectivity index is 2.26. The summed E-state index contributed by atoms with van der Waals surface area (Å²) in [6, 6.07) is -0.283. The fourth-order valence-corrected chi connectivity index (χ4v) is 3.57. The van der Waals surface area contributed by atoms with Crippen LogP contribution in [0.1, 0.15) is 31.2 Å². The lowest BCUT2D eigenvalue weighted by Crippen LogP contribution is -2.63. The highest BCUT2D eigenvalue weighted by Crippen LogP contribution is 2.40. The van der Waals surface area contributed by atoms with Crippen molar-refractivity contribution >= 4 is 39.3 Å². The van der Waals surface area contributed by atoms with Gasteiger partial charge in [0.1, 0.15) is 10.5 Å². The number of carbonyl (C=O) groups excluding carboxylic acids is 2. The first-order valence-corrected chi connectivity index (χ1v) is 8.26. The zero-order valence-electron chi connectivity index (χ0n) is 11.9. The maximum absolute atomic E-state index is 12.4. The molecule has 1 aromatic heterocycles. The number of urea groups is 1. The fraction of sp³-hybridized carbons (Fsp3) is 0.667. The summed E-state index contributed by atoms with van der Waals surface area (Å²) in [5, 5.41) is 11.3. The summed E-state index contributed by atoms with van der Waals surface area (Å²) in [7, 11) is 1.35. The molecule has 2 amide bonds. The van der Waals surface area contributed by atoms with Crippen molar-refractivity contribution in [3.05, 3.63) is 8.92 Å². The Kier molecular flexibility index (Phi) is 5.15. The molecule has 0 saturated heterocycles. The number of rotatable bonds is 5. The summed E-state index contributed by atoms with van der Waals surface area (Å²) in [5.41, 5.74) is -0.883. The number of esters is 1. The lowest BCUT2D eigenvalue weighted by molar-refractivity contribution is -0.159. The van der Waals surface area contributed by atoms with Gasteiger partial charge in [-0.15, -0.1) is 10.2 Å². The molecule has 1 saturated carbocycles. The third-order valence-corrected chi connectivity index (χ3v) is 4.91. The van der Waals surface area contributed by atoms with Crippen LogP contribution < -0.4 is 5.32 Å². The predicted octanol–water partition coefficient (Wildman–Crippen LogP) is 1.93. The number of nitrogens with one attached hydrogen (secondary N) is 1. The first-order chi connectivity index (χ1) is 10.0. The van der Waals surface area contributed by atoms with E-state index in [0.29, 0.717) is 28.3 Å². The van der Waals surface area contributed by atoms with Crippen LogP contribution >= 0.6 is 27.3 Å². The van der Waals surface area contributed by atoms with Gasteiger partial charge in [0, 0.05) is 6.54 Å². The van der Waals surface area contributed by atoms with Crippen LogP contribution in [0.15, 0.2) is 3.92 Å². The molecule has 1 aromatic rings. The van der Waals surface area contributed by atoms with Crippen molar-refractivity contribution < 1.29 is 14.3 Å². The lowest BCUT2D eigenvalue weighted by atomic mass is 9.75. The van der Waals surface area contributed by atoms with Crippen LogP contribution in [-0.2, 0) is 16.1 Å². The molecule has 1 N–H and O–H groups in total. The summed E-state index contributed by atoms with van der Waals surface area (Å²) in [6.45, 7) is 2.57. The van der Waals surface area contributed by atoms with Gasteiger partial charge in [0.25, 0.3) is 0 Å². The minimum atomic E-state index is -0.883.